The summed E-state index contributed by atoms with van der Waals surface area (Å²) >= 11 is 0. The second-order valence-electron chi connectivity index (χ2n) is 4.99. The Bertz CT molecular complexity index is 601. The fraction of sp³-hybridized carbons (Fsp3) is 0.235. The Labute approximate surface area is 128 Å². The topological polar surface area (TPSA) is 58.6 Å². The molecule has 0 aliphatic rings. The highest BCUT2D eigenvalue weighted by Gasteiger charge is 2.19. The maximum absolute atomic E-state index is 12.9. The van der Waals surface area contributed by atoms with E-state index in [1.165, 1.54) is 24.3 Å². The summed E-state index contributed by atoms with van der Waals surface area (Å²) in [6, 6.07) is 14.2. The maximum atomic E-state index is 12.9. The third-order valence-electron chi connectivity index (χ3n) is 3.24. The molecule has 2 aromatic carbocycles. The molecule has 4 nitrogen and oxygen atoms in total. The Balaban J connectivity index is 1.84. The van der Waals surface area contributed by atoms with Gasteiger partial charge in [-0.2, -0.15) is 0 Å². The third-order valence-corrected chi connectivity index (χ3v) is 3.24. The second-order valence-corrected chi connectivity index (χ2v) is 4.99. The molecule has 0 saturated heterocycles. The molecule has 2 rings (SSSR count). The predicted molar refractivity (Wildman–Crippen MR) is 80.6 cm³/mol. The minimum absolute atomic E-state index is 0.159. The van der Waals surface area contributed by atoms with Crippen LogP contribution in [0.15, 0.2) is 54.6 Å². The minimum atomic E-state index is -0.940. The molecule has 2 N–H and O–H groups in total. The second kappa shape index (κ2) is 7.56. The molecule has 2 aromatic rings. The normalized spacial score (nSPS) is 13.2. The number of nitrogens with one attached hydrogen (secondary N) is 1. The maximum Gasteiger partial charge on any atom is 0.407 e. The number of aliphatic hydroxyl groups is 1. The van der Waals surface area contributed by atoms with Gasteiger partial charge in [0.05, 0.1) is 12.1 Å². The van der Waals surface area contributed by atoms with Crippen LogP contribution in [0.4, 0.5) is 9.18 Å². The number of halogens is 1. The summed E-state index contributed by atoms with van der Waals surface area (Å²) < 4.78 is 17.9. The summed E-state index contributed by atoms with van der Waals surface area (Å²) in [4.78, 5) is 11.7. The lowest BCUT2D eigenvalue weighted by Gasteiger charge is -2.20. The lowest BCUT2D eigenvalue weighted by molar-refractivity contribution is 0.106. The van der Waals surface area contributed by atoms with Crippen LogP contribution < -0.4 is 5.32 Å². The van der Waals surface area contributed by atoms with Crippen LogP contribution in [-0.4, -0.2) is 17.2 Å². The van der Waals surface area contributed by atoms with E-state index in [-0.39, 0.29) is 12.4 Å². The van der Waals surface area contributed by atoms with Gasteiger partial charge >= 0.3 is 6.09 Å². The van der Waals surface area contributed by atoms with Crippen molar-refractivity contribution in [3.63, 3.8) is 0 Å². The monoisotopic (exact) mass is 303 g/mol. The van der Waals surface area contributed by atoms with Crippen molar-refractivity contribution in [1.82, 2.24) is 5.32 Å². The smallest absolute Gasteiger partial charge is 0.407 e. The summed E-state index contributed by atoms with van der Waals surface area (Å²) in [7, 11) is 0. The zero-order valence-corrected chi connectivity index (χ0v) is 12.2. The van der Waals surface area contributed by atoms with Crippen molar-refractivity contribution in [2.24, 2.45) is 0 Å². The third kappa shape index (κ3) is 4.56. The first-order valence-corrected chi connectivity index (χ1v) is 6.97. The molecule has 1 amide bonds. The van der Waals surface area contributed by atoms with E-state index in [0.717, 1.165) is 5.56 Å². The molecule has 0 aliphatic heterocycles. The number of benzene rings is 2. The molecule has 0 heterocycles. The predicted octanol–water partition coefficient (Wildman–Crippen LogP) is 3.17. The van der Waals surface area contributed by atoms with Crippen LogP contribution in [0.2, 0.25) is 0 Å². The zero-order valence-electron chi connectivity index (χ0n) is 12.2. The number of amides is 1. The summed E-state index contributed by atoms with van der Waals surface area (Å²) in [5, 5.41) is 12.7. The van der Waals surface area contributed by atoms with Gasteiger partial charge in [-0.1, -0.05) is 42.5 Å². The Kier molecular flexibility index (Phi) is 5.49. The first-order chi connectivity index (χ1) is 10.6. The molecule has 116 valence electrons. The van der Waals surface area contributed by atoms with Gasteiger partial charge in [-0.05, 0) is 30.2 Å². The molecular formula is C17H18FNO3. The van der Waals surface area contributed by atoms with Crippen molar-refractivity contribution >= 4 is 6.09 Å². The number of alkyl carbamates (subject to hydrolysis) is 1. The van der Waals surface area contributed by atoms with Crippen LogP contribution in [0.5, 0.6) is 0 Å². The van der Waals surface area contributed by atoms with E-state index in [2.05, 4.69) is 5.32 Å². The fourth-order valence-electron chi connectivity index (χ4n) is 1.98. The number of ether oxygens (including phenoxy) is 1. The van der Waals surface area contributed by atoms with E-state index in [4.69, 9.17) is 4.74 Å². The Morgan fingerprint density at radius 3 is 2.45 bits per heavy atom. The number of aliphatic hydroxyl groups excluding tert-OH is 1. The van der Waals surface area contributed by atoms with E-state index in [9.17, 15) is 14.3 Å². The van der Waals surface area contributed by atoms with Gasteiger partial charge in [0, 0.05) is 0 Å². The van der Waals surface area contributed by atoms with Crippen molar-refractivity contribution in [2.75, 3.05) is 0 Å². The number of carbonyl (C=O) groups excluding carboxylic acids is 1. The van der Waals surface area contributed by atoms with Gasteiger partial charge in [-0.15, -0.1) is 0 Å². The van der Waals surface area contributed by atoms with Crippen LogP contribution in [0.1, 0.15) is 24.2 Å². The molecule has 0 fully saturated rings. The number of carbonyl (C=O) groups is 1. The van der Waals surface area contributed by atoms with Gasteiger partial charge in [-0.25, -0.2) is 9.18 Å². The van der Waals surface area contributed by atoms with Gasteiger partial charge in [0.2, 0.25) is 0 Å². The van der Waals surface area contributed by atoms with E-state index in [1.807, 2.05) is 30.3 Å². The zero-order chi connectivity index (χ0) is 15.9. The van der Waals surface area contributed by atoms with Crippen LogP contribution in [-0.2, 0) is 11.3 Å². The van der Waals surface area contributed by atoms with Crippen LogP contribution >= 0.6 is 0 Å². The summed E-state index contributed by atoms with van der Waals surface area (Å²) in [5.41, 5.74) is 1.40. The first-order valence-electron chi connectivity index (χ1n) is 6.97. The minimum Gasteiger partial charge on any atom is -0.445 e. The first kappa shape index (κ1) is 16.0. The van der Waals surface area contributed by atoms with E-state index in [0.29, 0.717) is 5.56 Å². The molecule has 0 aromatic heterocycles. The van der Waals surface area contributed by atoms with Crippen molar-refractivity contribution in [2.45, 2.75) is 25.7 Å². The molecule has 0 aliphatic carbocycles. The van der Waals surface area contributed by atoms with Crippen molar-refractivity contribution in [3.05, 3.63) is 71.5 Å². The van der Waals surface area contributed by atoms with Gasteiger partial charge in [0.1, 0.15) is 12.4 Å². The van der Waals surface area contributed by atoms with Crippen molar-refractivity contribution in [1.29, 1.82) is 0 Å². The number of hydrogen-bond donors (Lipinski definition) is 2. The van der Waals surface area contributed by atoms with Gasteiger partial charge in [0.25, 0.3) is 0 Å². The molecular weight excluding hydrogens is 285 g/mol. The lowest BCUT2D eigenvalue weighted by Crippen LogP contribution is -2.37. The quantitative estimate of drug-likeness (QED) is 0.892. The van der Waals surface area contributed by atoms with Crippen molar-refractivity contribution < 1.29 is 19.0 Å². The number of hydrogen-bond acceptors (Lipinski definition) is 3. The van der Waals surface area contributed by atoms with Gasteiger partial charge in [0.15, 0.2) is 0 Å². The average molecular weight is 303 g/mol. The Morgan fingerprint density at radius 1 is 1.18 bits per heavy atom. The molecule has 0 spiro atoms. The standard InChI is InChI=1S/C17H18FNO3/c1-12(16(20)14-7-9-15(18)10-8-14)19-17(21)22-11-13-5-3-2-4-6-13/h2-10,12,16,20H,11H2,1H3,(H,19,21). The van der Waals surface area contributed by atoms with Crippen LogP contribution in [0.3, 0.4) is 0 Å². The van der Waals surface area contributed by atoms with Crippen molar-refractivity contribution in [3.8, 4) is 0 Å². The average Bonchev–Trinajstić information content (AvgIpc) is 2.54. The molecule has 2 atom stereocenters. The SMILES string of the molecule is CC(NC(=O)OCc1ccccc1)C(O)c1ccc(F)cc1. The summed E-state index contributed by atoms with van der Waals surface area (Å²) in [5.74, 6) is -0.376. The molecule has 5 heteroatoms. The van der Waals surface area contributed by atoms with Gasteiger partial charge < -0.3 is 15.2 Å². The largest absolute Gasteiger partial charge is 0.445 e. The molecule has 2 unspecified atom stereocenters. The molecule has 0 radical (unpaired) electrons. The van der Waals surface area contributed by atoms with Crippen LogP contribution in [0, 0.1) is 5.82 Å². The highest BCUT2D eigenvalue weighted by Crippen LogP contribution is 2.17. The number of rotatable bonds is 5. The lowest BCUT2D eigenvalue weighted by atomic mass is 10.0. The highest BCUT2D eigenvalue weighted by molar-refractivity contribution is 5.67. The fourth-order valence-corrected chi connectivity index (χ4v) is 1.98. The molecule has 22 heavy (non-hydrogen) atoms. The Morgan fingerprint density at radius 2 is 1.82 bits per heavy atom. The molecule has 0 saturated carbocycles. The summed E-state index contributed by atoms with van der Waals surface area (Å²) in [6.07, 6.45) is -1.55. The van der Waals surface area contributed by atoms with Crippen LogP contribution in [0.25, 0.3) is 0 Å². The van der Waals surface area contributed by atoms with Gasteiger partial charge in [-0.3, -0.25) is 0 Å². The van der Waals surface area contributed by atoms with E-state index < -0.39 is 18.2 Å². The molecule has 0 bridgehead atoms. The summed E-state index contributed by atoms with van der Waals surface area (Å²) in [6.45, 7) is 1.81. The highest BCUT2D eigenvalue weighted by atomic mass is 19.1. The van der Waals surface area contributed by atoms with E-state index >= 15 is 0 Å². The Hall–Kier alpha value is -2.40. The van der Waals surface area contributed by atoms with E-state index in [1.54, 1.807) is 6.92 Å².